The maximum atomic E-state index is 11.6. The van der Waals surface area contributed by atoms with E-state index in [9.17, 15) is 4.79 Å². The van der Waals surface area contributed by atoms with Gasteiger partial charge in [0, 0.05) is 28.5 Å². The number of benzene rings is 1. The third kappa shape index (κ3) is 3.71. The number of imidazole rings is 1. The lowest BCUT2D eigenvalue weighted by Crippen LogP contribution is -2.12. The fourth-order valence-electron chi connectivity index (χ4n) is 1.43. The van der Waals surface area contributed by atoms with Crippen LogP contribution in [0.1, 0.15) is 12.1 Å². The largest absolute Gasteiger partial charge is 0.348 e. The predicted molar refractivity (Wildman–Crippen MR) is 69.7 cm³/mol. The van der Waals surface area contributed by atoms with Crippen molar-refractivity contribution in [1.29, 1.82) is 0 Å². The normalized spacial score (nSPS) is 10.2. The van der Waals surface area contributed by atoms with Crippen LogP contribution in [0.3, 0.4) is 0 Å². The average molecular weight is 294 g/mol. The van der Waals surface area contributed by atoms with Crippen LogP contribution >= 0.6 is 15.9 Å². The van der Waals surface area contributed by atoms with Crippen LogP contribution in [0.25, 0.3) is 0 Å². The molecule has 0 aliphatic carbocycles. The molecule has 0 bridgehead atoms. The zero-order valence-corrected chi connectivity index (χ0v) is 10.7. The van der Waals surface area contributed by atoms with Gasteiger partial charge in [0.05, 0.1) is 6.33 Å². The number of aryl methyl sites for hydroxylation is 1. The number of halogens is 1. The Morgan fingerprint density at radius 1 is 1.35 bits per heavy atom. The molecule has 0 atom stereocenters. The molecule has 2 rings (SSSR count). The summed E-state index contributed by atoms with van der Waals surface area (Å²) in [7, 11) is 0. The Morgan fingerprint density at radius 2 is 2.12 bits per heavy atom. The second-order valence-electron chi connectivity index (χ2n) is 3.63. The maximum Gasteiger partial charge on any atom is 0.224 e. The summed E-state index contributed by atoms with van der Waals surface area (Å²) < 4.78 is 0.993. The fraction of sp³-hybridized carbons (Fsp3) is 0.167. The Balaban J connectivity index is 1.83. The van der Waals surface area contributed by atoms with Crippen molar-refractivity contribution in [2.24, 2.45) is 0 Å². The number of H-pyrrole nitrogens is 1. The molecule has 1 heterocycles. The van der Waals surface area contributed by atoms with Crippen molar-refractivity contribution in [1.82, 2.24) is 9.97 Å². The van der Waals surface area contributed by atoms with E-state index in [0.717, 1.165) is 15.9 Å². The van der Waals surface area contributed by atoms with Gasteiger partial charge >= 0.3 is 0 Å². The van der Waals surface area contributed by atoms with Crippen molar-refractivity contribution < 1.29 is 4.79 Å². The third-order valence-electron chi connectivity index (χ3n) is 2.30. The summed E-state index contributed by atoms with van der Waals surface area (Å²) in [6.07, 6.45) is 4.45. The topological polar surface area (TPSA) is 57.8 Å². The maximum absolute atomic E-state index is 11.6. The molecule has 0 radical (unpaired) electrons. The summed E-state index contributed by atoms with van der Waals surface area (Å²) in [4.78, 5) is 18.5. The van der Waals surface area contributed by atoms with Gasteiger partial charge in [-0.3, -0.25) is 4.79 Å². The summed E-state index contributed by atoms with van der Waals surface area (Å²) in [5, 5.41) is 2.84. The van der Waals surface area contributed by atoms with E-state index in [2.05, 4.69) is 31.2 Å². The van der Waals surface area contributed by atoms with E-state index in [-0.39, 0.29) is 5.91 Å². The molecule has 2 N–H and O–H groups in total. The van der Waals surface area contributed by atoms with E-state index in [0.29, 0.717) is 12.8 Å². The van der Waals surface area contributed by atoms with Gasteiger partial charge < -0.3 is 10.3 Å². The van der Waals surface area contributed by atoms with Gasteiger partial charge in [-0.05, 0) is 30.7 Å². The number of carbonyl (C=O) groups is 1. The molecule has 4 nitrogen and oxygen atoms in total. The minimum atomic E-state index is 0.00178. The van der Waals surface area contributed by atoms with Gasteiger partial charge in [-0.2, -0.15) is 0 Å². The molecule has 0 saturated carbocycles. The molecule has 1 aromatic heterocycles. The molecular weight excluding hydrogens is 282 g/mol. The fourth-order valence-corrected chi connectivity index (χ4v) is 1.69. The third-order valence-corrected chi connectivity index (χ3v) is 2.83. The zero-order chi connectivity index (χ0) is 12.1. The first-order chi connectivity index (χ1) is 8.24. The highest BCUT2D eigenvalue weighted by Crippen LogP contribution is 2.14. The average Bonchev–Trinajstić information content (AvgIpc) is 2.83. The molecule has 0 fully saturated rings. The van der Waals surface area contributed by atoms with Crippen LogP contribution in [0.2, 0.25) is 0 Å². The molecule has 88 valence electrons. The molecule has 0 saturated heterocycles. The molecule has 1 amide bonds. The van der Waals surface area contributed by atoms with Crippen LogP contribution in [0.4, 0.5) is 5.69 Å². The van der Waals surface area contributed by atoms with Crippen LogP contribution in [0.5, 0.6) is 0 Å². The van der Waals surface area contributed by atoms with Crippen molar-refractivity contribution in [3.05, 3.63) is 47.0 Å². The van der Waals surface area contributed by atoms with Crippen LogP contribution in [-0.2, 0) is 11.2 Å². The second kappa shape index (κ2) is 5.63. The summed E-state index contributed by atoms with van der Waals surface area (Å²) in [5.41, 5.74) is 1.78. The first-order valence-corrected chi connectivity index (χ1v) is 6.06. The van der Waals surface area contributed by atoms with Crippen LogP contribution < -0.4 is 5.32 Å². The lowest BCUT2D eigenvalue weighted by Gasteiger charge is -2.04. The highest BCUT2D eigenvalue weighted by Gasteiger charge is 2.03. The first-order valence-electron chi connectivity index (χ1n) is 5.27. The number of aromatic nitrogens is 2. The second-order valence-corrected chi connectivity index (χ2v) is 4.55. The molecular formula is C12H12BrN3O. The van der Waals surface area contributed by atoms with Gasteiger partial charge in [0.2, 0.25) is 5.91 Å². The summed E-state index contributed by atoms with van der Waals surface area (Å²) >= 11 is 3.34. The highest BCUT2D eigenvalue weighted by molar-refractivity contribution is 9.10. The Bertz CT molecular complexity index is 479. The first kappa shape index (κ1) is 11.9. The van der Waals surface area contributed by atoms with E-state index >= 15 is 0 Å². The van der Waals surface area contributed by atoms with Gasteiger partial charge in [0.1, 0.15) is 0 Å². The molecule has 1 aromatic carbocycles. The van der Waals surface area contributed by atoms with Crippen LogP contribution in [-0.4, -0.2) is 15.9 Å². The number of rotatable bonds is 4. The van der Waals surface area contributed by atoms with E-state index in [1.54, 1.807) is 12.5 Å². The molecule has 0 aliphatic heterocycles. The van der Waals surface area contributed by atoms with Crippen molar-refractivity contribution >= 4 is 27.5 Å². The lowest BCUT2D eigenvalue weighted by molar-refractivity contribution is -0.116. The van der Waals surface area contributed by atoms with Crippen molar-refractivity contribution in [2.45, 2.75) is 12.8 Å². The van der Waals surface area contributed by atoms with E-state index < -0.39 is 0 Å². The van der Waals surface area contributed by atoms with Crippen molar-refractivity contribution in [3.8, 4) is 0 Å². The molecule has 0 aliphatic rings. The predicted octanol–water partition coefficient (Wildman–Crippen LogP) is 2.74. The molecule has 2 aromatic rings. The van der Waals surface area contributed by atoms with Gasteiger partial charge in [0.25, 0.3) is 0 Å². The number of aromatic amines is 1. The SMILES string of the molecule is O=C(CCc1cnc[nH]1)Nc1ccc(Br)cc1. The Morgan fingerprint density at radius 3 is 2.76 bits per heavy atom. The number of anilines is 1. The highest BCUT2D eigenvalue weighted by atomic mass is 79.9. The Hall–Kier alpha value is -1.62. The smallest absolute Gasteiger partial charge is 0.224 e. The number of carbonyl (C=O) groups excluding carboxylic acids is 1. The minimum absolute atomic E-state index is 0.00178. The van der Waals surface area contributed by atoms with Gasteiger partial charge in [0.15, 0.2) is 0 Å². The zero-order valence-electron chi connectivity index (χ0n) is 9.11. The van der Waals surface area contributed by atoms with Crippen molar-refractivity contribution in [3.63, 3.8) is 0 Å². The molecule has 0 unspecified atom stereocenters. The molecule has 17 heavy (non-hydrogen) atoms. The summed E-state index contributed by atoms with van der Waals surface area (Å²) in [5.74, 6) is 0.00178. The number of nitrogens with zero attached hydrogens (tertiary/aromatic N) is 1. The van der Waals surface area contributed by atoms with Gasteiger partial charge in [-0.15, -0.1) is 0 Å². The standard InChI is InChI=1S/C12H12BrN3O/c13-9-1-3-10(4-2-9)16-12(17)6-5-11-7-14-8-15-11/h1-4,7-8H,5-6H2,(H,14,15)(H,16,17). The van der Waals surface area contributed by atoms with E-state index in [1.165, 1.54) is 0 Å². The van der Waals surface area contributed by atoms with E-state index in [1.807, 2.05) is 24.3 Å². The monoisotopic (exact) mass is 293 g/mol. The van der Waals surface area contributed by atoms with E-state index in [4.69, 9.17) is 0 Å². The van der Waals surface area contributed by atoms with Gasteiger partial charge in [-0.1, -0.05) is 15.9 Å². The van der Waals surface area contributed by atoms with Crippen LogP contribution in [0, 0.1) is 0 Å². The Labute approximate surface area is 108 Å². The van der Waals surface area contributed by atoms with Crippen LogP contribution in [0.15, 0.2) is 41.3 Å². The number of nitrogens with one attached hydrogen (secondary N) is 2. The Kier molecular flexibility index (Phi) is 3.93. The lowest BCUT2D eigenvalue weighted by atomic mass is 10.2. The van der Waals surface area contributed by atoms with Gasteiger partial charge in [-0.25, -0.2) is 4.98 Å². The number of hydrogen-bond acceptors (Lipinski definition) is 2. The van der Waals surface area contributed by atoms with Crippen molar-refractivity contribution in [2.75, 3.05) is 5.32 Å². The summed E-state index contributed by atoms with van der Waals surface area (Å²) in [6, 6.07) is 7.51. The number of amides is 1. The summed E-state index contributed by atoms with van der Waals surface area (Å²) in [6.45, 7) is 0. The molecule has 0 spiro atoms. The minimum Gasteiger partial charge on any atom is -0.348 e. The molecule has 5 heteroatoms. The quantitative estimate of drug-likeness (QED) is 0.911. The number of hydrogen-bond donors (Lipinski definition) is 2.